The van der Waals surface area contributed by atoms with Crippen LogP contribution in [0, 0.1) is 0 Å². The Morgan fingerprint density at radius 1 is 1.16 bits per heavy atom. The maximum atomic E-state index is 5.40. The van der Waals surface area contributed by atoms with Gasteiger partial charge in [-0.25, -0.2) is 0 Å². The SMILES string of the molecule is CCNC(Cc1ccncc1)c1ccncc1OC. The van der Waals surface area contributed by atoms with Crippen LogP contribution in [-0.2, 0) is 6.42 Å². The lowest BCUT2D eigenvalue weighted by Crippen LogP contribution is -2.23. The van der Waals surface area contributed by atoms with Gasteiger partial charge in [0.25, 0.3) is 0 Å². The third kappa shape index (κ3) is 3.51. The average Bonchev–Trinajstić information content (AvgIpc) is 2.48. The lowest BCUT2D eigenvalue weighted by atomic mass is 9.99. The third-order valence-corrected chi connectivity index (χ3v) is 3.05. The van der Waals surface area contributed by atoms with E-state index >= 15 is 0 Å². The van der Waals surface area contributed by atoms with Gasteiger partial charge in [-0.15, -0.1) is 0 Å². The molecule has 0 bridgehead atoms. The van der Waals surface area contributed by atoms with Crippen LogP contribution in [0.5, 0.6) is 5.75 Å². The Hall–Kier alpha value is -1.94. The molecule has 0 radical (unpaired) electrons. The molecule has 0 saturated carbocycles. The first kappa shape index (κ1) is 13.5. The van der Waals surface area contributed by atoms with Gasteiger partial charge in [-0.3, -0.25) is 9.97 Å². The normalized spacial score (nSPS) is 12.1. The smallest absolute Gasteiger partial charge is 0.141 e. The number of nitrogens with one attached hydrogen (secondary N) is 1. The minimum Gasteiger partial charge on any atom is -0.495 e. The van der Waals surface area contributed by atoms with Crippen molar-refractivity contribution in [3.05, 3.63) is 54.1 Å². The van der Waals surface area contributed by atoms with Crippen molar-refractivity contribution in [3.63, 3.8) is 0 Å². The van der Waals surface area contributed by atoms with Gasteiger partial charge in [0.15, 0.2) is 0 Å². The van der Waals surface area contributed by atoms with E-state index in [4.69, 9.17) is 4.74 Å². The molecule has 1 unspecified atom stereocenters. The summed E-state index contributed by atoms with van der Waals surface area (Å²) in [6.07, 6.45) is 8.10. The van der Waals surface area contributed by atoms with E-state index in [1.807, 2.05) is 30.6 Å². The van der Waals surface area contributed by atoms with E-state index in [-0.39, 0.29) is 6.04 Å². The molecule has 2 aromatic rings. The Morgan fingerprint density at radius 2 is 1.89 bits per heavy atom. The van der Waals surface area contributed by atoms with Crippen LogP contribution in [0.25, 0.3) is 0 Å². The van der Waals surface area contributed by atoms with Crippen molar-refractivity contribution < 1.29 is 4.74 Å². The van der Waals surface area contributed by atoms with Gasteiger partial charge in [0.05, 0.1) is 13.3 Å². The van der Waals surface area contributed by atoms with Crippen LogP contribution in [0.1, 0.15) is 24.1 Å². The van der Waals surface area contributed by atoms with Gasteiger partial charge < -0.3 is 10.1 Å². The number of likely N-dealkylation sites (N-methyl/N-ethyl adjacent to an activating group) is 1. The summed E-state index contributed by atoms with van der Waals surface area (Å²) in [6.45, 7) is 3.01. The lowest BCUT2D eigenvalue weighted by Gasteiger charge is -2.20. The molecule has 0 spiro atoms. The molecule has 0 amide bonds. The van der Waals surface area contributed by atoms with Crippen molar-refractivity contribution in [3.8, 4) is 5.75 Å². The van der Waals surface area contributed by atoms with Crippen LogP contribution in [0.2, 0.25) is 0 Å². The van der Waals surface area contributed by atoms with Crippen molar-refractivity contribution in [1.82, 2.24) is 15.3 Å². The molecule has 0 saturated heterocycles. The predicted octanol–water partition coefficient (Wildman–Crippen LogP) is 2.38. The van der Waals surface area contributed by atoms with E-state index in [9.17, 15) is 0 Å². The summed E-state index contributed by atoms with van der Waals surface area (Å²) in [5, 5.41) is 3.49. The number of nitrogens with zero attached hydrogens (tertiary/aromatic N) is 2. The molecule has 4 heteroatoms. The highest BCUT2D eigenvalue weighted by Crippen LogP contribution is 2.26. The molecule has 0 fully saturated rings. The predicted molar refractivity (Wildman–Crippen MR) is 75.1 cm³/mol. The topological polar surface area (TPSA) is 47.0 Å². The Balaban J connectivity index is 2.24. The zero-order valence-corrected chi connectivity index (χ0v) is 11.3. The summed E-state index contributed by atoms with van der Waals surface area (Å²) < 4.78 is 5.40. The highest BCUT2D eigenvalue weighted by molar-refractivity contribution is 5.34. The maximum absolute atomic E-state index is 5.40. The summed E-state index contributed by atoms with van der Waals surface area (Å²) in [4.78, 5) is 8.15. The van der Waals surface area contributed by atoms with Crippen molar-refractivity contribution in [2.24, 2.45) is 0 Å². The van der Waals surface area contributed by atoms with Crippen LogP contribution in [0.4, 0.5) is 0 Å². The van der Waals surface area contributed by atoms with Gasteiger partial charge in [-0.2, -0.15) is 0 Å². The molecule has 100 valence electrons. The molecular weight excluding hydrogens is 238 g/mol. The largest absolute Gasteiger partial charge is 0.495 e. The first-order valence-electron chi connectivity index (χ1n) is 6.45. The fourth-order valence-electron chi connectivity index (χ4n) is 2.14. The fraction of sp³-hybridized carbons (Fsp3) is 0.333. The van der Waals surface area contributed by atoms with Crippen molar-refractivity contribution in [2.45, 2.75) is 19.4 Å². The zero-order chi connectivity index (χ0) is 13.5. The summed E-state index contributed by atoms with van der Waals surface area (Å²) in [6, 6.07) is 6.30. The fourth-order valence-corrected chi connectivity index (χ4v) is 2.14. The van der Waals surface area contributed by atoms with E-state index < -0.39 is 0 Å². The molecule has 0 aliphatic carbocycles. The molecule has 1 N–H and O–H groups in total. The highest BCUT2D eigenvalue weighted by atomic mass is 16.5. The van der Waals surface area contributed by atoms with Gasteiger partial charge in [-0.1, -0.05) is 6.92 Å². The first-order valence-corrected chi connectivity index (χ1v) is 6.45. The molecule has 0 aromatic carbocycles. The third-order valence-electron chi connectivity index (χ3n) is 3.05. The minimum absolute atomic E-state index is 0.213. The molecule has 0 aliphatic rings. The van der Waals surface area contributed by atoms with E-state index in [2.05, 4.69) is 22.2 Å². The number of hydrogen-bond acceptors (Lipinski definition) is 4. The second kappa shape index (κ2) is 6.85. The second-order valence-corrected chi connectivity index (χ2v) is 4.29. The molecule has 19 heavy (non-hydrogen) atoms. The van der Waals surface area contributed by atoms with E-state index in [1.54, 1.807) is 19.5 Å². The molecule has 0 aliphatic heterocycles. The number of rotatable bonds is 6. The summed E-state index contributed by atoms with van der Waals surface area (Å²) >= 11 is 0. The molecule has 2 aromatic heterocycles. The van der Waals surface area contributed by atoms with Gasteiger partial charge in [-0.05, 0) is 36.7 Å². The van der Waals surface area contributed by atoms with E-state index in [1.165, 1.54) is 5.56 Å². The zero-order valence-electron chi connectivity index (χ0n) is 11.3. The molecule has 1 atom stereocenters. The van der Waals surface area contributed by atoms with Crippen LogP contribution < -0.4 is 10.1 Å². The number of aromatic nitrogens is 2. The Morgan fingerprint density at radius 3 is 2.58 bits per heavy atom. The van der Waals surface area contributed by atoms with Gasteiger partial charge >= 0.3 is 0 Å². The Bertz CT molecular complexity index is 502. The highest BCUT2D eigenvalue weighted by Gasteiger charge is 2.15. The molecule has 4 nitrogen and oxygen atoms in total. The number of pyridine rings is 2. The van der Waals surface area contributed by atoms with Gasteiger partial charge in [0.2, 0.25) is 0 Å². The molecule has 2 rings (SSSR count). The van der Waals surface area contributed by atoms with Crippen molar-refractivity contribution >= 4 is 0 Å². The summed E-state index contributed by atoms with van der Waals surface area (Å²) in [5.41, 5.74) is 2.39. The van der Waals surface area contributed by atoms with Crippen LogP contribution >= 0.6 is 0 Å². The number of methoxy groups -OCH3 is 1. The summed E-state index contributed by atoms with van der Waals surface area (Å²) in [7, 11) is 1.68. The first-order chi connectivity index (χ1) is 9.35. The average molecular weight is 257 g/mol. The molecule has 2 heterocycles. The van der Waals surface area contributed by atoms with E-state index in [0.29, 0.717) is 0 Å². The lowest BCUT2D eigenvalue weighted by molar-refractivity contribution is 0.397. The van der Waals surface area contributed by atoms with Crippen molar-refractivity contribution in [2.75, 3.05) is 13.7 Å². The van der Waals surface area contributed by atoms with Crippen LogP contribution in [0.15, 0.2) is 43.0 Å². The quantitative estimate of drug-likeness (QED) is 0.863. The molecular formula is C15H19N3O. The monoisotopic (exact) mass is 257 g/mol. The van der Waals surface area contributed by atoms with Crippen LogP contribution in [0.3, 0.4) is 0 Å². The van der Waals surface area contributed by atoms with Crippen molar-refractivity contribution in [1.29, 1.82) is 0 Å². The number of ether oxygens (including phenoxy) is 1. The Labute approximate surface area is 113 Å². The van der Waals surface area contributed by atoms with E-state index in [0.717, 1.165) is 24.3 Å². The standard InChI is InChI=1S/C15H19N3O/c1-3-18-14(10-12-4-7-16-8-5-12)13-6-9-17-11-15(13)19-2/h4-9,11,14,18H,3,10H2,1-2H3. The Kier molecular flexibility index (Phi) is 4.86. The number of hydrogen-bond donors (Lipinski definition) is 1. The second-order valence-electron chi connectivity index (χ2n) is 4.29. The maximum Gasteiger partial charge on any atom is 0.141 e. The van der Waals surface area contributed by atoms with Gasteiger partial charge in [0, 0.05) is 30.2 Å². The minimum atomic E-state index is 0.213. The van der Waals surface area contributed by atoms with Gasteiger partial charge in [0.1, 0.15) is 5.75 Å². The summed E-state index contributed by atoms with van der Waals surface area (Å²) in [5.74, 6) is 0.822. The van der Waals surface area contributed by atoms with Crippen LogP contribution in [-0.4, -0.2) is 23.6 Å².